The number of aryl methyl sites for hydroxylation is 1. The van der Waals surface area contributed by atoms with E-state index in [-0.39, 0.29) is 6.09 Å². The van der Waals surface area contributed by atoms with Gasteiger partial charge in [-0.25, -0.2) is 4.79 Å². The van der Waals surface area contributed by atoms with Crippen molar-refractivity contribution in [1.82, 2.24) is 9.88 Å². The third-order valence-corrected chi connectivity index (χ3v) is 3.17. The van der Waals surface area contributed by atoms with Gasteiger partial charge in [-0.2, -0.15) is 0 Å². The van der Waals surface area contributed by atoms with E-state index in [1.165, 1.54) is 12.0 Å². The maximum absolute atomic E-state index is 11.7. The summed E-state index contributed by atoms with van der Waals surface area (Å²) in [6.07, 6.45) is 8.65. The highest BCUT2D eigenvalue weighted by Crippen LogP contribution is 2.10. The quantitative estimate of drug-likeness (QED) is 0.769. The van der Waals surface area contributed by atoms with Crippen molar-refractivity contribution in [3.8, 4) is 0 Å². The van der Waals surface area contributed by atoms with Crippen LogP contribution in [0.15, 0.2) is 24.5 Å². The zero-order valence-corrected chi connectivity index (χ0v) is 10.7. The van der Waals surface area contributed by atoms with Crippen molar-refractivity contribution in [3.63, 3.8) is 0 Å². The number of aromatic nitrogens is 1. The maximum Gasteiger partial charge on any atom is 0.409 e. The number of likely N-dealkylation sites (tertiary alicyclic amines) is 1. The predicted octanol–water partition coefficient (Wildman–Crippen LogP) is 2.64. The van der Waals surface area contributed by atoms with E-state index in [9.17, 15) is 4.79 Å². The molecular formula is C14H20N2O2. The molecule has 1 aromatic rings. The number of ether oxygens (including phenoxy) is 1. The Kier molecular flexibility index (Phi) is 5.00. The zero-order valence-electron chi connectivity index (χ0n) is 10.7. The Morgan fingerprint density at radius 1 is 1.33 bits per heavy atom. The van der Waals surface area contributed by atoms with E-state index < -0.39 is 0 Å². The average Bonchev–Trinajstić information content (AvgIpc) is 2.45. The Hall–Kier alpha value is -1.58. The first-order chi connectivity index (χ1) is 8.86. The Bertz CT molecular complexity index is 361. The fourth-order valence-electron chi connectivity index (χ4n) is 2.15. The van der Waals surface area contributed by atoms with Gasteiger partial charge in [-0.3, -0.25) is 4.98 Å². The molecule has 0 radical (unpaired) electrons. The van der Waals surface area contributed by atoms with E-state index in [4.69, 9.17) is 4.74 Å². The van der Waals surface area contributed by atoms with Gasteiger partial charge in [0.1, 0.15) is 0 Å². The summed E-state index contributed by atoms with van der Waals surface area (Å²) >= 11 is 0. The van der Waals surface area contributed by atoms with Crippen LogP contribution < -0.4 is 0 Å². The number of piperidine rings is 1. The van der Waals surface area contributed by atoms with Crippen molar-refractivity contribution in [3.05, 3.63) is 30.1 Å². The highest BCUT2D eigenvalue weighted by Gasteiger charge is 2.17. The van der Waals surface area contributed by atoms with Gasteiger partial charge in [0.25, 0.3) is 0 Å². The summed E-state index contributed by atoms with van der Waals surface area (Å²) in [5.41, 5.74) is 1.19. The monoisotopic (exact) mass is 248 g/mol. The molecule has 1 fully saturated rings. The molecule has 1 amide bonds. The van der Waals surface area contributed by atoms with E-state index in [2.05, 4.69) is 4.98 Å². The molecule has 1 aliphatic rings. The smallest absolute Gasteiger partial charge is 0.409 e. The van der Waals surface area contributed by atoms with Gasteiger partial charge in [0.15, 0.2) is 0 Å². The van der Waals surface area contributed by atoms with Gasteiger partial charge in [0.2, 0.25) is 0 Å². The van der Waals surface area contributed by atoms with Gasteiger partial charge in [-0.05, 0) is 43.7 Å². The van der Waals surface area contributed by atoms with E-state index in [0.717, 1.165) is 38.8 Å². The lowest BCUT2D eigenvalue weighted by atomic mass is 10.1. The number of hydrogen-bond acceptors (Lipinski definition) is 3. The number of pyridine rings is 1. The van der Waals surface area contributed by atoms with Crippen LogP contribution in [0, 0.1) is 0 Å². The molecular weight excluding hydrogens is 228 g/mol. The summed E-state index contributed by atoms with van der Waals surface area (Å²) in [7, 11) is 0. The number of rotatable bonds is 4. The molecule has 0 bridgehead atoms. The first-order valence-electron chi connectivity index (χ1n) is 6.67. The van der Waals surface area contributed by atoms with Gasteiger partial charge >= 0.3 is 6.09 Å². The second kappa shape index (κ2) is 6.99. The lowest BCUT2D eigenvalue weighted by molar-refractivity contribution is 0.0943. The van der Waals surface area contributed by atoms with Crippen LogP contribution in [0.25, 0.3) is 0 Å². The minimum atomic E-state index is -0.152. The molecule has 4 heteroatoms. The third kappa shape index (κ3) is 4.02. The second-order valence-electron chi connectivity index (χ2n) is 4.63. The molecule has 98 valence electrons. The highest BCUT2D eigenvalue weighted by atomic mass is 16.6. The molecule has 0 saturated carbocycles. The standard InChI is InChI=1S/C14H20N2O2/c17-14(16-9-2-1-3-10-16)18-11-5-7-13-6-4-8-15-12-13/h4,6,8,12H,1-3,5,7,9-11H2. The molecule has 0 aliphatic carbocycles. The zero-order chi connectivity index (χ0) is 12.6. The molecule has 4 nitrogen and oxygen atoms in total. The largest absolute Gasteiger partial charge is 0.449 e. The molecule has 0 N–H and O–H groups in total. The first kappa shape index (κ1) is 12.9. The minimum absolute atomic E-state index is 0.152. The van der Waals surface area contributed by atoms with Crippen LogP contribution in [0.5, 0.6) is 0 Å². The van der Waals surface area contributed by atoms with Crippen LogP contribution in [0.2, 0.25) is 0 Å². The van der Waals surface area contributed by atoms with E-state index >= 15 is 0 Å². The van der Waals surface area contributed by atoms with Gasteiger partial charge in [0.05, 0.1) is 6.61 Å². The highest BCUT2D eigenvalue weighted by molar-refractivity contribution is 5.67. The van der Waals surface area contributed by atoms with Crippen LogP contribution in [0.3, 0.4) is 0 Å². The molecule has 0 atom stereocenters. The maximum atomic E-state index is 11.7. The van der Waals surface area contributed by atoms with Crippen molar-refractivity contribution >= 4 is 6.09 Å². The van der Waals surface area contributed by atoms with E-state index in [0.29, 0.717) is 6.61 Å². The number of amides is 1. The molecule has 0 unspecified atom stereocenters. The van der Waals surface area contributed by atoms with Crippen molar-refractivity contribution < 1.29 is 9.53 Å². The third-order valence-electron chi connectivity index (χ3n) is 3.17. The summed E-state index contributed by atoms with van der Waals surface area (Å²) in [4.78, 5) is 17.6. The molecule has 1 saturated heterocycles. The molecule has 1 aliphatic heterocycles. The Morgan fingerprint density at radius 3 is 2.89 bits per heavy atom. The first-order valence-corrected chi connectivity index (χ1v) is 6.67. The number of hydrogen-bond donors (Lipinski definition) is 0. The summed E-state index contributed by atoms with van der Waals surface area (Å²) < 4.78 is 5.27. The molecule has 0 aromatic carbocycles. The molecule has 18 heavy (non-hydrogen) atoms. The van der Waals surface area contributed by atoms with Crippen molar-refractivity contribution in [1.29, 1.82) is 0 Å². The second-order valence-corrected chi connectivity index (χ2v) is 4.63. The number of carbonyl (C=O) groups excluding carboxylic acids is 1. The van der Waals surface area contributed by atoms with Crippen LogP contribution in [-0.2, 0) is 11.2 Å². The van der Waals surface area contributed by atoms with Crippen LogP contribution in [0.1, 0.15) is 31.2 Å². The van der Waals surface area contributed by atoms with Crippen molar-refractivity contribution in [2.45, 2.75) is 32.1 Å². The van der Waals surface area contributed by atoms with Crippen molar-refractivity contribution in [2.24, 2.45) is 0 Å². The summed E-state index contributed by atoms with van der Waals surface area (Å²) in [6, 6.07) is 3.97. The van der Waals surface area contributed by atoms with Gasteiger partial charge in [-0.1, -0.05) is 6.07 Å². The lowest BCUT2D eigenvalue weighted by Gasteiger charge is -2.25. The summed E-state index contributed by atoms with van der Waals surface area (Å²) in [6.45, 7) is 2.19. The van der Waals surface area contributed by atoms with Crippen molar-refractivity contribution in [2.75, 3.05) is 19.7 Å². The molecule has 2 heterocycles. The fourth-order valence-corrected chi connectivity index (χ4v) is 2.15. The topological polar surface area (TPSA) is 42.4 Å². The number of nitrogens with zero attached hydrogens (tertiary/aromatic N) is 2. The minimum Gasteiger partial charge on any atom is -0.449 e. The molecule has 2 rings (SSSR count). The Morgan fingerprint density at radius 2 is 2.17 bits per heavy atom. The number of carbonyl (C=O) groups is 1. The summed E-state index contributed by atoms with van der Waals surface area (Å²) in [5, 5.41) is 0. The van der Waals surface area contributed by atoms with Gasteiger partial charge < -0.3 is 9.64 Å². The fraction of sp³-hybridized carbons (Fsp3) is 0.571. The summed E-state index contributed by atoms with van der Waals surface area (Å²) in [5.74, 6) is 0. The van der Waals surface area contributed by atoms with Gasteiger partial charge in [-0.15, -0.1) is 0 Å². The van der Waals surface area contributed by atoms with Crippen LogP contribution in [-0.4, -0.2) is 35.7 Å². The Labute approximate surface area is 108 Å². The lowest BCUT2D eigenvalue weighted by Crippen LogP contribution is -2.36. The van der Waals surface area contributed by atoms with Crippen LogP contribution in [0.4, 0.5) is 4.79 Å². The predicted molar refractivity (Wildman–Crippen MR) is 69.3 cm³/mol. The normalized spacial score (nSPS) is 15.4. The van der Waals surface area contributed by atoms with E-state index in [1.807, 2.05) is 23.2 Å². The Balaban J connectivity index is 1.61. The SMILES string of the molecule is O=C(OCCCc1cccnc1)N1CCCCC1. The van der Waals surface area contributed by atoms with E-state index in [1.54, 1.807) is 6.20 Å². The van der Waals surface area contributed by atoms with Crippen LogP contribution >= 0.6 is 0 Å². The average molecular weight is 248 g/mol. The molecule has 0 spiro atoms. The van der Waals surface area contributed by atoms with Gasteiger partial charge in [0, 0.05) is 25.5 Å². The molecule has 1 aromatic heterocycles.